The molecule has 0 radical (unpaired) electrons. The summed E-state index contributed by atoms with van der Waals surface area (Å²) in [7, 11) is 0. The summed E-state index contributed by atoms with van der Waals surface area (Å²) in [5.74, 6) is -1.58. The first-order valence-corrected chi connectivity index (χ1v) is 5.46. The van der Waals surface area contributed by atoms with E-state index < -0.39 is 18.6 Å². The van der Waals surface area contributed by atoms with Crippen LogP contribution in [0.25, 0.3) is 0 Å². The quantitative estimate of drug-likeness (QED) is 0.819. The summed E-state index contributed by atoms with van der Waals surface area (Å²) in [6.07, 6.45) is -2.91. The number of nitrogens with two attached hydrogens (primary N) is 1. The molecule has 8 heteroatoms. The zero-order chi connectivity index (χ0) is 10.6. The second-order valence-electron chi connectivity index (χ2n) is 2.49. The van der Waals surface area contributed by atoms with Crippen LogP contribution in [0.15, 0.2) is 10.7 Å². The molecule has 0 aliphatic rings. The summed E-state index contributed by atoms with van der Waals surface area (Å²) >= 11 is 2.11. The average molecular weight is 243 g/mol. The summed E-state index contributed by atoms with van der Waals surface area (Å²) < 4.78 is 40.9. The minimum Gasteiger partial charge on any atom is -0.330 e. The molecule has 1 aromatic heterocycles. The van der Waals surface area contributed by atoms with Crippen molar-refractivity contribution < 1.29 is 13.2 Å². The maximum atomic E-state index is 12.2. The van der Waals surface area contributed by atoms with Crippen molar-refractivity contribution in [2.75, 3.05) is 12.3 Å². The Morgan fingerprint density at radius 3 is 2.71 bits per heavy atom. The fraction of sp³-hybridized carbons (Fsp3) is 0.667. The van der Waals surface area contributed by atoms with Gasteiger partial charge in [-0.2, -0.15) is 17.5 Å². The van der Waals surface area contributed by atoms with Crippen LogP contribution in [0.2, 0.25) is 0 Å². The molecule has 0 bridgehead atoms. The van der Waals surface area contributed by atoms with E-state index in [1.165, 1.54) is 6.33 Å². The Hall–Kier alpha value is -0.340. The van der Waals surface area contributed by atoms with Crippen molar-refractivity contribution in [1.29, 1.82) is 0 Å². The number of hydrogen-bond acceptors (Lipinski definition) is 5. The van der Waals surface area contributed by atoms with E-state index in [0.717, 1.165) is 23.3 Å². The van der Waals surface area contributed by atoms with E-state index in [1.54, 1.807) is 0 Å². The highest BCUT2D eigenvalue weighted by Gasteiger charge is 2.38. The Kier molecular flexibility index (Phi) is 4.14. The molecule has 1 heterocycles. The van der Waals surface area contributed by atoms with E-state index in [9.17, 15) is 13.2 Å². The molecule has 0 saturated carbocycles. The predicted octanol–water partition coefficient (Wildman–Crippen LogP) is 1.77. The summed E-state index contributed by atoms with van der Waals surface area (Å²) in [6, 6.07) is 0. The van der Waals surface area contributed by atoms with Crippen molar-refractivity contribution in [3.8, 4) is 0 Å². The topological polar surface area (TPSA) is 51.8 Å². The Labute approximate surface area is 87.1 Å². The second-order valence-corrected chi connectivity index (χ2v) is 4.54. The highest BCUT2D eigenvalue weighted by atomic mass is 32.2. The van der Waals surface area contributed by atoms with Gasteiger partial charge in [0.2, 0.25) is 0 Å². The van der Waals surface area contributed by atoms with E-state index >= 15 is 0 Å². The number of nitrogens with zero attached hydrogens (tertiary/aromatic N) is 2. The van der Waals surface area contributed by atoms with Crippen molar-refractivity contribution in [2.24, 2.45) is 11.7 Å². The Bertz CT molecular complexity index is 262. The van der Waals surface area contributed by atoms with Crippen LogP contribution in [0.1, 0.15) is 0 Å². The third-order valence-electron chi connectivity index (χ3n) is 1.50. The van der Waals surface area contributed by atoms with Crippen LogP contribution in [-0.2, 0) is 0 Å². The van der Waals surface area contributed by atoms with Gasteiger partial charge in [-0.3, -0.25) is 0 Å². The van der Waals surface area contributed by atoms with Crippen LogP contribution >= 0.6 is 23.3 Å². The smallest absolute Gasteiger partial charge is 0.330 e. The van der Waals surface area contributed by atoms with Gasteiger partial charge in [0, 0.05) is 12.3 Å². The number of aromatic nitrogens is 2. The number of hydrogen-bond donors (Lipinski definition) is 1. The number of thioether (sulfide) groups is 1. The van der Waals surface area contributed by atoms with Gasteiger partial charge < -0.3 is 5.73 Å². The van der Waals surface area contributed by atoms with Gasteiger partial charge in [-0.25, -0.2) is 4.98 Å². The normalized spacial score (nSPS) is 14.3. The van der Waals surface area contributed by atoms with Gasteiger partial charge in [0.1, 0.15) is 6.33 Å². The highest BCUT2D eigenvalue weighted by Crippen LogP contribution is 2.31. The first kappa shape index (κ1) is 11.7. The van der Waals surface area contributed by atoms with Crippen LogP contribution in [-0.4, -0.2) is 27.8 Å². The first-order valence-electron chi connectivity index (χ1n) is 3.70. The van der Waals surface area contributed by atoms with Gasteiger partial charge in [0.15, 0.2) is 4.34 Å². The molecule has 1 aromatic rings. The van der Waals surface area contributed by atoms with Crippen molar-refractivity contribution in [3.63, 3.8) is 0 Å². The van der Waals surface area contributed by atoms with E-state index in [2.05, 4.69) is 9.36 Å². The van der Waals surface area contributed by atoms with Crippen LogP contribution in [0, 0.1) is 5.92 Å². The molecular formula is C6H8F3N3S2. The Balaban J connectivity index is 2.43. The maximum absolute atomic E-state index is 12.2. The van der Waals surface area contributed by atoms with Crippen molar-refractivity contribution in [1.82, 2.24) is 9.36 Å². The average Bonchev–Trinajstić information content (AvgIpc) is 2.55. The van der Waals surface area contributed by atoms with Crippen LogP contribution in [0.5, 0.6) is 0 Å². The van der Waals surface area contributed by atoms with Gasteiger partial charge in [0.25, 0.3) is 0 Å². The standard InChI is InChI=1S/C6H8F3N3S2/c7-6(8,9)4(1-10)2-13-5-11-3-12-14-5/h3-4H,1-2,10H2. The molecule has 1 atom stereocenters. The fourth-order valence-electron chi connectivity index (χ4n) is 0.695. The summed E-state index contributed by atoms with van der Waals surface area (Å²) in [5.41, 5.74) is 5.03. The molecule has 3 nitrogen and oxygen atoms in total. The monoisotopic (exact) mass is 243 g/mol. The van der Waals surface area contributed by atoms with Crippen LogP contribution in [0.4, 0.5) is 13.2 Å². The molecule has 1 unspecified atom stereocenters. The molecule has 2 N–H and O–H groups in total. The van der Waals surface area contributed by atoms with E-state index in [1.807, 2.05) is 0 Å². The molecule has 0 amide bonds. The van der Waals surface area contributed by atoms with Gasteiger partial charge in [0.05, 0.1) is 5.92 Å². The SMILES string of the molecule is NCC(CSc1ncns1)C(F)(F)F. The second kappa shape index (κ2) is 4.94. The number of alkyl halides is 3. The molecule has 0 saturated heterocycles. The molecule has 0 fully saturated rings. The number of halogens is 3. The summed E-state index contributed by atoms with van der Waals surface area (Å²) in [6.45, 7) is -0.394. The third-order valence-corrected chi connectivity index (χ3v) is 3.46. The van der Waals surface area contributed by atoms with Gasteiger partial charge in [-0.15, -0.1) is 0 Å². The lowest BCUT2D eigenvalue weighted by atomic mass is 10.2. The molecule has 0 spiro atoms. The minimum atomic E-state index is -4.23. The lowest BCUT2D eigenvalue weighted by molar-refractivity contribution is -0.165. The molecule has 1 rings (SSSR count). The van der Waals surface area contributed by atoms with Crippen molar-refractivity contribution in [3.05, 3.63) is 6.33 Å². The lowest BCUT2D eigenvalue weighted by Gasteiger charge is -2.16. The van der Waals surface area contributed by atoms with E-state index in [-0.39, 0.29) is 5.75 Å². The molecule has 14 heavy (non-hydrogen) atoms. The largest absolute Gasteiger partial charge is 0.393 e. The highest BCUT2D eigenvalue weighted by molar-refractivity contribution is 8.00. The summed E-state index contributed by atoms with van der Waals surface area (Å²) in [4.78, 5) is 3.77. The van der Waals surface area contributed by atoms with Crippen molar-refractivity contribution in [2.45, 2.75) is 10.5 Å². The first-order chi connectivity index (χ1) is 6.54. The van der Waals surface area contributed by atoms with E-state index in [4.69, 9.17) is 5.73 Å². The van der Waals surface area contributed by atoms with Gasteiger partial charge in [-0.1, -0.05) is 11.8 Å². The molecular weight excluding hydrogens is 235 g/mol. The fourth-order valence-corrected chi connectivity index (χ4v) is 2.31. The third kappa shape index (κ3) is 3.43. The predicted molar refractivity (Wildman–Crippen MR) is 49.2 cm³/mol. The van der Waals surface area contributed by atoms with Gasteiger partial charge in [-0.05, 0) is 11.5 Å². The van der Waals surface area contributed by atoms with Gasteiger partial charge >= 0.3 is 6.18 Å². The maximum Gasteiger partial charge on any atom is 0.393 e. The lowest BCUT2D eigenvalue weighted by Crippen LogP contribution is -2.32. The Morgan fingerprint density at radius 1 is 1.57 bits per heavy atom. The molecule has 80 valence electrons. The molecule has 0 aromatic carbocycles. The number of rotatable bonds is 4. The van der Waals surface area contributed by atoms with Crippen LogP contribution in [0.3, 0.4) is 0 Å². The van der Waals surface area contributed by atoms with Crippen LogP contribution < -0.4 is 5.73 Å². The summed E-state index contributed by atoms with van der Waals surface area (Å²) in [5, 5.41) is 0. The Morgan fingerprint density at radius 2 is 2.29 bits per heavy atom. The molecule has 0 aliphatic carbocycles. The zero-order valence-corrected chi connectivity index (χ0v) is 8.62. The zero-order valence-electron chi connectivity index (χ0n) is 6.99. The molecule has 0 aliphatic heterocycles. The minimum absolute atomic E-state index is 0.102. The van der Waals surface area contributed by atoms with E-state index in [0.29, 0.717) is 4.34 Å². The van der Waals surface area contributed by atoms with Crippen molar-refractivity contribution >= 4 is 23.3 Å².